The van der Waals surface area contributed by atoms with Crippen molar-refractivity contribution in [1.82, 2.24) is 14.7 Å². The van der Waals surface area contributed by atoms with Crippen LogP contribution in [0.1, 0.15) is 45.4 Å². The minimum absolute atomic E-state index is 0.0738. The number of likely N-dealkylation sites (tertiary alicyclic amines) is 1. The number of hydrogen-bond acceptors (Lipinski definition) is 7. The van der Waals surface area contributed by atoms with Gasteiger partial charge in [0.2, 0.25) is 15.9 Å². The first-order chi connectivity index (χ1) is 16.1. The second kappa shape index (κ2) is 12.7. The molecule has 3 N–H and O–H groups in total. The van der Waals surface area contributed by atoms with Gasteiger partial charge in [0.15, 0.2) is 0 Å². The van der Waals surface area contributed by atoms with Gasteiger partial charge in [0, 0.05) is 26.1 Å². The number of sulfonamides is 1. The number of methoxy groups -OCH3 is 1. The minimum atomic E-state index is -4.20. The number of carboxylic acids is 1. The van der Waals surface area contributed by atoms with Crippen molar-refractivity contribution in [1.29, 1.82) is 0 Å². The Labute approximate surface area is 199 Å². The summed E-state index contributed by atoms with van der Waals surface area (Å²) in [4.78, 5) is 37.8. The van der Waals surface area contributed by atoms with Gasteiger partial charge in [0.05, 0.1) is 17.9 Å². The number of hydroxylamine groups is 1. The lowest BCUT2D eigenvalue weighted by atomic mass is 9.97. The summed E-state index contributed by atoms with van der Waals surface area (Å²) in [6.45, 7) is 2.17. The van der Waals surface area contributed by atoms with Crippen LogP contribution in [-0.2, 0) is 24.4 Å². The molecule has 1 unspecified atom stereocenters. The molecular weight excluding hydrogens is 466 g/mol. The Bertz CT molecular complexity index is 943. The van der Waals surface area contributed by atoms with E-state index in [1.54, 1.807) is 5.48 Å². The number of benzene rings is 1. The predicted molar refractivity (Wildman–Crippen MR) is 122 cm³/mol. The number of rotatable bonds is 12. The zero-order valence-electron chi connectivity index (χ0n) is 19.5. The summed E-state index contributed by atoms with van der Waals surface area (Å²) in [6, 6.07) is 4.47. The maximum absolute atomic E-state index is 13.5. The number of piperidine rings is 1. The number of carboxylic acid groups (broad SMARTS) is 1. The number of unbranched alkanes of at least 4 members (excludes halogenated alkanes) is 1. The van der Waals surface area contributed by atoms with Crippen LogP contribution < -0.4 is 10.2 Å². The molecule has 34 heavy (non-hydrogen) atoms. The van der Waals surface area contributed by atoms with Gasteiger partial charge in [-0.15, -0.1) is 0 Å². The number of hydrogen-bond donors (Lipinski definition) is 3. The molecule has 2 amide bonds. The summed E-state index contributed by atoms with van der Waals surface area (Å²) in [5.74, 6) is -2.13. The molecule has 1 heterocycles. The molecule has 1 aromatic rings. The van der Waals surface area contributed by atoms with Crippen LogP contribution in [0, 0.1) is 5.92 Å². The van der Waals surface area contributed by atoms with Gasteiger partial charge in [-0.3, -0.25) is 19.6 Å². The van der Waals surface area contributed by atoms with Crippen LogP contribution >= 0.6 is 0 Å². The number of amides is 2. The molecule has 0 bridgehead atoms. The number of aliphatic carboxylic acids is 1. The highest BCUT2D eigenvalue weighted by atomic mass is 32.2. The van der Waals surface area contributed by atoms with Gasteiger partial charge in [-0.05, 0) is 43.5 Å². The molecule has 0 spiro atoms. The van der Waals surface area contributed by atoms with E-state index in [1.807, 2.05) is 6.92 Å². The number of nitrogens with one attached hydrogen (secondary N) is 1. The van der Waals surface area contributed by atoms with Crippen LogP contribution in [0.3, 0.4) is 0 Å². The van der Waals surface area contributed by atoms with Crippen molar-refractivity contribution in [3.8, 4) is 5.75 Å². The molecule has 0 radical (unpaired) electrons. The highest BCUT2D eigenvalue weighted by Crippen LogP contribution is 2.25. The Morgan fingerprint density at radius 3 is 2.32 bits per heavy atom. The zero-order valence-corrected chi connectivity index (χ0v) is 20.3. The highest BCUT2D eigenvalue weighted by Gasteiger charge is 2.36. The van der Waals surface area contributed by atoms with Crippen molar-refractivity contribution >= 4 is 27.8 Å². The van der Waals surface area contributed by atoms with E-state index in [0.717, 1.165) is 4.31 Å². The highest BCUT2D eigenvalue weighted by molar-refractivity contribution is 7.89. The van der Waals surface area contributed by atoms with E-state index in [9.17, 15) is 28.0 Å². The van der Waals surface area contributed by atoms with E-state index >= 15 is 0 Å². The van der Waals surface area contributed by atoms with Gasteiger partial charge in [0.1, 0.15) is 11.8 Å². The van der Waals surface area contributed by atoms with Crippen molar-refractivity contribution in [3.05, 3.63) is 24.3 Å². The SMILES string of the molecule is CCCCC(C(=O)NO)N(CCC(=O)N1CCC(C(=O)O)CC1)S(=O)(=O)c1ccc(OC)cc1. The number of carbonyl (C=O) groups excluding carboxylic acids is 2. The normalized spacial score (nSPS) is 15.7. The molecule has 11 nitrogen and oxygen atoms in total. The monoisotopic (exact) mass is 499 g/mol. The minimum Gasteiger partial charge on any atom is -0.497 e. The van der Waals surface area contributed by atoms with Crippen molar-refractivity contribution in [3.63, 3.8) is 0 Å². The van der Waals surface area contributed by atoms with Gasteiger partial charge in [-0.2, -0.15) is 4.31 Å². The predicted octanol–water partition coefficient (Wildman–Crippen LogP) is 1.46. The standard InChI is InChI=1S/C22H33N3O8S/c1-3-4-5-19(21(27)23-30)25(34(31,32)18-8-6-17(33-2)7-9-18)15-12-20(26)24-13-10-16(11-14-24)22(28)29/h6-9,16,19,30H,3-5,10-15H2,1-2H3,(H,23,27)(H,28,29). The average molecular weight is 500 g/mol. The molecule has 1 aliphatic rings. The Hall–Kier alpha value is -2.70. The Balaban J connectivity index is 2.26. The molecule has 0 aromatic heterocycles. The van der Waals surface area contributed by atoms with Crippen molar-refractivity contribution < 1.29 is 37.9 Å². The summed E-state index contributed by atoms with van der Waals surface area (Å²) in [5.41, 5.74) is 1.55. The molecular formula is C22H33N3O8S. The van der Waals surface area contributed by atoms with Gasteiger partial charge in [-0.1, -0.05) is 19.8 Å². The maximum Gasteiger partial charge on any atom is 0.306 e. The Morgan fingerprint density at radius 2 is 1.82 bits per heavy atom. The molecule has 1 aliphatic heterocycles. The van der Waals surface area contributed by atoms with Crippen LogP contribution in [-0.4, -0.2) is 78.5 Å². The van der Waals surface area contributed by atoms with Crippen LogP contribution in [0.25, 0.3) is 0 Å². The van der Waals surface area contributed by atoms with E-state index in [2.05, 4.69) is 0 Å². The van der Waals surface area contributed by atoms with Crippen LogP contribution in [0.4, 0.5) is 0 Å². The molecule has 1 aromatic carbocycles. The van der Waals surface area contributed by atoms with Gasteiger partial charge < -0.3 is 14.7 Å². The summed E-state index contributed by atoms with van der Waals surface area (Å²) < 4.78 is 33.0. The Kier molecular flexibility index (Phi) is 10.3. The fraction of sp³-hybridized carbons (Fsp3) is 0.591. The largest absolute Gasteiger partial charge is 0.497 e. The molecule has 190 valence electrons. The smallest absolute Gasteiger partial charge is 0.306 e. The quantitative estimate of drug-likeness (QED) is 0.289. The molecule has 0 saturated carbocycles. The first kappa shape index (κ1) is 27.5. The van der Waals surface area contributed by atoms with Crippen LogP contribution in [0.5, 0.6) is 5.75 Å². The van der Waals surface area contributed by atoms with E-state index in [-0.39, 0.29) is 43.3 Å². The molecule has 2 rings (SSSR count). The lowest BCUT2D eigenvalue weighted by Crippen LogP contribution is -2.50. The summed E-state index contributed by atoms with van der Waals surface area (Å²) in [5, 5.41) is 18.4. The second-order valence-electron chi connectivity index (χ2n) is 8.17. The third kappa shape index (κ3) is 6.90. The van der Waals surface area contributed by atoms with Crippen molar-refractivity contribution in [2.45, 2.75) is 56.4 Å². The Morgan fingerprint density at radius 1 is 1.21 bits per heavy atom. The number of carbonyl (C=O) groups is 3. The zero-order chi connectivity index (χ0) is 25.3. The summed E-state index contributed by atoms with van der Waals surface area (Å²) in [7, 11) is -2.75. The van der Waals surface area contributed by atoms with E-state index in [4.69, 9.17) is 9.84 Å². The second-order valence-corrected chi connectivity index (χ2v) is 10.1. The fourth-order valence-corrected chi connectivity index (χ4v) is 5.56. The summed E-state index contributed by atoms with van der Waals surface area (Å²) in [6.07, 6.45) is 1.87. The summed E-state index contributed by atoms with van der Waals surface area (Å²) >= 11 is 0. The molecule has 0 aliphatic carbocycles. The first-order valence-corrected chi connectivity index (χ1v) is 12.7. The van der Waals surface area contributed by atoms with E-state index < -0.39 is 33.9 Å². The van der Waals surface area contributed by atoms with Gasteiger partial charge in [0.25, 0.3) is 5.91 Å². The third-order valence-electron chi connectivity index (χ3n) is 6.00. The average Bonchev–Trinajstić information content (AvgIpc) is 2.85. The molecule has 1 atom stereocenters. The fourth-order valence-electron chi connectivity index (χ4n) is 3.94. The van der Waals surface area contributed by atoms with Crippen LogP contribution in [0.15, 0.2) is 29.2 Å². The van der Waals surface area contributed by atoms with E-state index in [1.165, 1.54) is 36.3 Å². The first-order valence-electron chi connectivity index (χ1n) is 11.3. The number of ether oxygens (including phenoxy) is 1. The van der Waals surface area contributed by atoms with Gasteiger partial charge in [-0.25, -0.2) is 13.9 Å². The molecule has 12 heteroatoms. The maximum atomic E-state index is 13.5. The van der Waals surface area contributed by atoms with Crippen molar-refractivity contribution in [2.75, 3.05) is 26.7 Å². The van der Waals surface area contributed by atoms with E-state index in [0.29, 0.717) is 31.4 Å². The van der Waals surface area contributed by atoms with Crippen molar-refractivity contribution in [2.24, 2.45) is 5.92 Å². The molecule has 1 saturated heterocycles. The lowest BCUT2D eigenvalue weighted by Gasteiger charge is -2.32. The lowest BCUT2D eigenvalue weighted by molar-refractivity contribution is -0.145. The van der Waals surface area contributed by atoms with Gasteiger partial charge >= 0.3 is 5.97 Å². The topological polar surface area (TPSA) is 154 Å². The number of nitrogens with zero attached hydrogens (tertiary/aromatic N) is 2. The third-order valence-corrected chi connectivity index (χ3v) is 7.92. The molecule has 1 fully saturated rings. The van der Waals surface area contributed by atoms with Crippen LogP contribution in [0.2, 0.25) is 0 Å².